The third-order valence-electron chi connectivity index (χ3n) is 6.05. The Kier molecular flexibility index (Phi) is 7.39. The first-order valence-electron chi connectivity index (χ1n) is 9.89. The molecule has 0 heterocycles. The maximum Gasteiger partial charge on any atom is 0.309 e. The summed E-state index contributed by atoms with van der Waals surface area (Å²) in [5, 5.41) is 10.5. The van der Waals surface area contributed by atoms with Gasteiger partial charge in [-0.2, -0.15) is 0 Å². The highest BCUT2D eigenvalue weighted by molar-refractivity contribution is 5.72. The highest BCUT2D eigenvalue weighted by Gasteiger charge is 2.37. The quantitative estimate of drug-likeness (QED) is 0.720. The Hall–Kier alpha value is -0.570. The first-order valence-corrected chi connectivity index (χ1v) is 9.89. The van der Waals surface area contributed by atoms with E-state index in [-0.39, 0.29) is 29.8 Å². The lowest BCUT2D eigenvalue weighted by Gasteiger charge is -2.37. The zero-order valence-corrected chi connectivity index (χ0v) is 15.3. The van der Waals surface area contributed by atoms with Crippen LogP contribution in [0.4, 0.5) is 0 Å². The molecule has 23 heavy (non-hydrogen) atoms. The summed E-state index contributed by atoms with van der Waals surface area (Å²) in [5.74, 6) is 0.746. The average Bonchev–Trinajstić information content (AvgIpc) is 2.59. The highest BCUT2D eigenvalue weighted by Crippen LogP contribution is 2.35. The molecule has 0 aromatic heterocycles. The molecule has 0 saturated heterocycles. The number of aliphatic hydroxyl groups is 1. The van der Waals surface area contributed by atoms with Crippen LogP contribution in [0.1, 0.15) is 85.0 Å². The maximum absolute atomic E-state index is 12.6. The van der Waals surface area contributed by atoms with Gasteiger partial charge in [-0.25, -0.2) is 0 Å². The lowest BCUT2D eigenvalue weighted by Crippen LogP contribution is -2.42. The van der Waals surface area contributed by atoms with E-state index < -0.39 is 6.10 Å². The highest BCUT2D eigenvalue weighted by atomic mass is 16.5. The smallest absolute Gasteiger partial charge is 0.309 e. The van der Waals surface area contributed by atoms with Gasteiger partial charge in [-0.3, -0.25) is 4.79 Å². The molecule has 0 radical (unpaired) electrons. The fourth-order valence-electron chi connectivity index (χ4n) is 4.47. The molecule has 134 valence electrons. The van der Waals surface area contributed by atoms with Gasteiger partial charge < -0.3 is 9.84 Å². The number of carbonyl (C=O) groups excluding carboxylic acids is 1. The Bertz CT molecular complexity index is 354. The van der Waals surface area contributed by atoms with Gasteiger partial charge in [0.1, 0.15) is 6.10 Å². The van der Waals surface area contributed by atoms with Crippen molar-refractivity contribution in [1.82, 2.24) is 0 Å². The number of rotatable bonds is 6. The number of hydrogen-bond donors (Lipinski definition) is 1. The Morgan fingerprint density at radius 1 is 0.913 bits per heavy atom. The van der Waals surface area contributed by atoms with Gasteiger partial charge in [0.25, 0.3) is 0 Å². The van der Waals surface area contributed by atoms with Crippen molar-refractivity contribution in [3.05, 3.63) is 0 Å². The predicted octanol–water partition coefficient (Wildman–Crippen LogP) is 4.71. The van der Waals surface area contributed by atoms with Crippen LogP contribution in [0.15, 0.2) is 0 Å². The summed E-state index contributed by atoms with van der Waals surface area (Å²) in [5.41, 5.74) is 0. The van der Waals surface area contributed by atoms with E-state index in [1.807, 2.05) is 13.8 Å². The standard InChI is InChI=1S/C20H36O3/c1-14(2)18(21)15(3)19(16-10-6-4-7-11-16)23-20(22)17-12-8-5-9-13-17/h14-19,21H,4-13H2,1-3H3/t15-,18-,19+/m0/s1. The van der Waals surface area contributed by atoms with Gasteiger partial charge in [-0.15, -0.1) is 0 Å². The number of ether oxygens (including phenoxy) is 1. The van der Waals surface area contributed by atoms with Crippen LogP contribution in [0.3, 0.4) is 0 Å². The van der Waals surface area contributed by atoms with E-state index in [1.165, 1.54) is 25.7 Å². The normalized spacial score (nSPS) is 25.1. The van der Waals surface area contributed by atoms with Crippen molar-refractivity contribution in [2.75, 3.05) is 0 Å². The molecule has 2 fully saturated rings. The molecule has 2 aliphatic carbocycles. The van der Waals surface area contributed by atoms with Crippen LogP contribution in [0, 0.1) is 23.7 Å². The van der Waals surface area contributed by atoms with Crippen LogP contribution in [0.25, 0.3) is 0 Å². The number of esters is 1. The molecule has 0 aromatic rings. The second kappa shape index (κ2) is 9.05. The number of carbonyl (C=O) groups is 1. The summed E-state index contributed by atoms with van der Waals surface area (Å²) in [6, 6.07) is 0. The van der Waals surface area contributed by atoms with Crippen LogP contribution in [0.5, 0.6) is 0 Å². The largest absolute Gasteiger partial charge is 0.461 e. The van der Waals surface area contributed by atoms with Gasteiger partial charge in [0, 0.05) is 5.92 Å². The van der Waals surface area contributed by atoms with Crippen molar-refractivity contribution in [2.45, 2.75) is 97.2 Å². The number of hydrogen-bond acceptors (Lipinski definition) is 3. The molecule has 0 unspecified atom stereocenters. The topological polar surface area (TPSA) is 46.5 Å². The maximum atomic E-state index is 12.6. The molecule has 2 aliphatic rings. The first-order chi connectivity index (χ1) is 11.0. The molecule has 2 saturated carbocycles. The fraction of sp³-hybridized carbons (Fsp3) is 0.950. The third kappa shape index (κ3) is 5.20. The lowest BCUT2D eigenvalue weighted by atomic mass is 9.77. The van der Waals surface area contributed by atoms with Crippen molar-refractivity contribution in [3.63, 3.8) is 0 Å². The van der Waals surface area contributed by atoms with E-state index >= 15 is 0 Å². The molecule has 2 rings (SSSR count). The zero-order chi connectivity index (χ0) is 16.8. The SMILES string of the molecule is CC(C)[C@H](O)[C@H](C)[C@@H](OC(=O)C1CCCCC1)C1CCCCC1. The summed E-state index contributed by atoms with van der Waals surface area (Å²) < 4.78 is 6.06. The van der Waals surface area contributed by atoms with Crippen molar-refractivity contribution in [2.24, 2.45) is 23.7 Å². The molecule has 0 aliphatic heterocycles. The Morgan fingerprint density at radius 2 is 1.43 bits per heavy atom. The molecule has 1 N–H and O–H groups in total. The van der Waals surface area contributed by atoms with Crippen LogP contribution in [-0.4, -0.2) is 23.3 Å². The minimum absolute atomic E-state index is 0.00285. The van der Waals surface area contributed by atoms with E-state index in [0.717, 1.165) is 38.5 Å². The van der Waals surface area contributed by atoms with Gasteiger partial charge in [-0.05, 0) is 37.5 Å². The second-order valence-electron chi connectivity index (χ2n) is 8.23. The van der Waals surface area contributed by atoms with Crippen LogP contribution >= 0.6 is 0 Å². The van der Waals surface area contributed by atoms with Crippen molar-refractivity contribution < 1.29 is 14.6 Å². The molecule has 0 spiro atoms. The molecule has 3 atom stereocenters. The van der Waals surface area contributed by atoms with Crippen molar-refractivity contribution >= 4 is 5.97 Å². The summed E-state index contributed by atoms with van der Waals surface area (Å²) >= 11 is 0. The minimum Gasteiger partial charge on any atom is -0.461 e. The van der Waals surface area contributed by atoms with Crippen LogP contribution in [0.2, 0.25) is 0 Å². The monoisotopic (exact) mass is 324 g/mol. The van der Waals surface area contributed by atoms with Crippen LogP contribution < -0.4 is 0 Å². The summed E-state index contributed by atoms with van der Waals surface area (Å²) in [6.07, 6.45) is 11.0. The van der Waals surface area contributed by atoms with Gasteiger partial charge in [-0.1, -0.05) is 59.3 Å². The predicted molar refractivity (Wildman–Crippen MR) is 93.0 cm³/mol. The van der Waals surface area contributed by atoms with E-state index in [4.69, 9.17) is 4.74 Å². The summed E-state index contributed by atoms with van der Waals surface area (Å²) in [6.45, 7) is 6.15. The molecule has 3 nitrogen and oxygen atoms in total. The minimum atomic E-state index is -0.402. The molecule has 0 amide bonds. The summed E-state index contributed by atoms with van der Waals surface area (Å²) in [4.78, 5) is 12.6. The Labute approximate surface area is 142 Å². The molecule has 0 aromatic carbocycles. The zero-order valence-electron chi connectivity index (χ0n) is 15.3. The Morgan fingerprint density at radius 3 is 1.96 bits per heavy atom. The van der Waals surface area contributed by atoms with Crippen molar-refractivity contribution in [1.29, 1.82) is 0 Å². The van der Waals surface area contributed by atoms with E-state index in [2.05, 4.69) is 6.92 Å². The molecule has 3 heteroatoms. The van der Waals surface area contributed by atoms with E-state index in [9.17, 15) is 9.90 Å². The van der Waals surface area contributed by atoms with Crippen molar-refractivity contribution in [3.8, 4) is 0 Å². The first kappa shape index (κ1) is 18.8. The molecule has 0 bridgehead atoms. The fourth-order valence-corrected chi connectivity index (χ4v) is 4.47. The average molecular weight is 325 g/mol. The Balaban J connectivity index is 2.03. The molecular formula is C20H36O3. The lowest BCUT2D eigenvalue weighted by molar-refractivity contribution is -0.166. The number of aliphatic hydroxyl groups excluding tert-OH is 1. The van der Waals surface area contributed by atoms with Gasteiger partial charge in [0.15, 0.2) is 0 Å². The molecular weight excluding hydrogens is 288 g/mol. The summed E-state index contributed by atoms with van der Waals surface area (Å²) in [7, 11) is 0. The van der Waals surface area contributed by atoms with Crippen LogP contribution in [-0.2, 0) is 9.53 Å². The van der Waals surface area contributed by atoms with E-state index in [1.54, 1.807) is 0 Å². The third-order valence-corrected chi connectivity index (χ3v) is 6.05. The van der Waals surface area contributed by atoms with Gasteiger partial charge in [0.05, 0.1) is 12.0 Å². The van der Waals surface area contributed by atoms with E-state index in [0.29, 0.717) is 5.92 Å². The second-order valence-corrected chi connectivity index (χ2v) is 8.23. The van der Waals surface area contributed by atoms with Gasteiger partial charge in [0.2, 0.25) is 0 Å². The van der Waals surface area contributed by atoms with Gasteiger partial charge >= 0.3 is 5.97 Å².